The van der Waals surface area contributed by atoms with Crippen LogP contribution in [0.2, 0.25) is 0 Å². The van der Waals surface area contributed by atoms with E-state index in [-0.39, 0.29) is 24.0 Å². The third kappa shape index (κ3) is 3.95. The van der Waals surface area contributed by atoms with E-state index < -0.39 is 6.10 Å². The van der Waals surface area contributed by atoms with E-state index in [1.54, 1.807) is 0 Å². The Hall–Kier alpha value is -1.47. The van der Waals surface area contributed by atoms with Crippen LogP contribution in [0.15, 0.2) is 0 Å². The number of rotatable bonds is 6. The molecule has 1 aromatic rings. The van der Waals surface area contributed by atoms with Crippen molar-refractivity contribution in [2.75, 3.05) is 13.2 Å². The van der Waals surface area contributed by atoms with Gasteiger partial charge in [0.25, 0.3) is 0 Å². The molecule has 1 aromatic heterocycles. The topological polar surface area (TPSA) is 78.3 Å². The van der Waals surface area contributed by atoms with E-state index in [0.29, 0.717) is 6.61 Å². The van der Waals surface area contributed by atoms with Crippen LogP contribution in [0.5, 0.6) is 0 Å². The highest BCUT2D eigenvalue weighted by molar-refractivity contribution is 5.81. The zero-order valence-corrected chi connectivity index (χ0v) is 14.8. The number of hydrogen-bond donors (Lipinski definition) is 1. The maximum atomic E-state index is 12.7. The van der Waals surface area contributed by atoms with Crippen molar-refractivity contribution < 1.29 is 14.3 Å². The number of ether oxygens (including phenoxy) is 2. The predicted octanol–water partition coefficient (Wildman–Crippen LogP) is 1.24. The zero-order valence-electron chi connectivity index (χ0n) is 14.8. The maximum Gasteiger partial charge on any atom is 0.249 e. The molecule has 0 spiro atoms. The Morgan fingerprint density at radius 3 is 2.96 bits per heavy atom. The van der Waals surface area contributed by atoms with Crippen molar-refractivity contribution in [2.45, 2.75) is 71.2 Å². The Balaban J connectivity index is 1.54. The van der Waals surface area contributed by atoms with Crippen LogP contribution in [0.25, 0.3) is 0 Å². The third-order valence-corrected chi connectivity index (χ3v) is 4.83. The molecule has 1 saturated heterocycles. The number of aromatic nitrogens is 3. The lowest BCUT2D eigenvalue weighted by atomic mass is 10.0. The molecule has 3 heterocycles. The summed E-state index contributed by atoms with van der Waals surface area (Å²) in [7, 11) is 0. The van der Waals surface area contributed by atoms with Gasteiger partial charge in [0.2, 0.25) is 5.91 Å². The molecule has 7 nitrogen and oxygen atoms in total. The van der Waals surface area contributed by atoms with Crippen molar-refractivity contribution in [2.24, 2.45) is 5.92 Å². The molecule has 3 atom stereocenters. The number of nitrogens with zero attached hydrogens (tertiary/aromatic N) is 3. The van der Waals surface area contributed by atoms with E-state index >= 15 is 0 Å². The lowest BCUT2D eigenvalue weighted by molar-refractivity contribution is -0.139. The molecule has 0 bridgehead atoms. The smallest absolute Gasteiger partial charge is 0.249 e. The Labute approximate surface area is 143 Å². The van der Waals surface area contributed by atoms with Crippen LogP contribution in [0, 0.1) is 12.8 Å². The molecule has 2 aliphatic rings. The summed E-state index contributed by atoms with van der Waals surface area (Å²) in [5.41, 5.74) is 0. The second-order valence-corrected chi connectivity index (χ2v) is 7.15. The van der Waals surface area contributed by atoms with Crippen molar-refractivity contribution in [1.82, 2.24) is 20.1 Å². The average molecular weight is 336 g/mol. The fourth-order valence-electron chi connectivity index (χ4n) is 3.42. The van der Waals surface area contributed by atoms with Crippen LogP contribution in [-0.2, 0) is 27.2 Å². The minimum absolute atomic E-state index is 0.0258. The first-order valence-electron chi connectivity index (χ1n) is 8.97. The number of carbonyl (C=O) groups is 1. The summed E-state index contributed by atoms with van der Waals surface area (Å²) >= 11 is 0. The summed E-state index contributed by atoms with van der Waals surface area (Å²) in [5.74, 6) is 2.01. The van der Waals surface area contributed by atoms with Crippen LogP contribution in [0.4, 0.5) is 0 Å². The van der Waals surface area contributed by atoms with E-state index in [4.69, 9.17) is 9.47 Å². The van der Waals surface area contributed by atoms with Gasteiger partial charge in [0.05, 0.1) is 12.7 Å². The van der Waals surface area contributed by atoms with Crippen LogP contribution in [-0.4, -0.2) is 52.1 Å². The summed E-state index contributed by atoms with van der Waals surface area (Å²) in [6.45, 7) is 8.01. The van der Waals surface area contributed by atoms with Crippen LogP contribution >= 0.6 is 0 Å². The molecule has 134 valence electrons. The Morgan fingerprint density at radius 1 is 1.42 bits per heavy atom. The van der Waals surface area contributed by atoms with Crippen LogP contribution in [0.3, 0.4) is 0 Å². The van der Waals surface area contributed by atoms with Crippen LogP contribution in [0.1, 0.15) is 44.8 Å². The van der Waals surface area contributed by atoms with E-state index in [9.17, 15) is 4.79 Å². The number of carbonyl (C=O) groups excluding carboxylic acids is 1. The molecule has 1 N–H and O–H groups in total. The number of fused-ring (bicyclic) bond motifs is 1. The van der Waals surface area contributed by atoms with Crippen molar-refractivity contribution >= 4 is 5.91 Å². The van der Waals surface area contributed by atoms with Gasteiger partial charge in [-0.2, -0.15) is 0 Å². The quantitative estimate of drug-likeness (QED) is 0.845. The highest BCUT2D eigenvalue weighted by atomic mass is 16.5. The first kappa shape index (κ1) is 17.4. The fourth-order valence-corrected chi connectivity index (χ4v) is 3.42. The highest BCUT2D eigenvalue weighted by Gasteiger charge is 2.29. The van der Waals surface area contributed by atoms with Crippen molar-refractivity contribution in [1.29, 1.82) is 0 Å². The van der Waals surface area contributed by atoms with E-state index in [1.165, 1.54) is 0 Å². The number of amides is 1. The summed E-state index contributed by atoms with van der Waals surface area (Å²) in [4.78, 5) is 12.7. The molecular weight excluding hydrogens is 308 g/mol. The van der Waals surface area contributed by atoms with Gasteiger partial charge in [0.15, 0.2) is 0 Å². The fraction of sp³-hybridized carbons (Fsp3) is 0.824. The molecular formula is C17H28N4O3. The largest absolute Gasteiger partial charge is 0.376 e. The highest BCUT2D eigenvalue weighted by Crippen LogP contribution is 2.17. The van der Waals surface area contributed by atoms with Crippen molar-refractivity contribution in [3.63, 3.8) is 0 Å². The summed E-state index contributed by atoms with van der Waals surface area (Å²) < 4.78 is 13.6. The number of aryl methyl sites for hydroxylation is 2. The maximum absolute atomic E-state index is 12.7. The van der Waals surface area contributed by atoms with Gasteiger partial charge in [-0.1, -0.05) is 13.8 Å². The monoisotopic (exact) mass is 336 g/mol. The Morgan fingerprint density at radius 2 is 2.25 bits per heavy atom. The first-order valence-corrected chi connectivity index (χ1v) is 8.97. The molecule has 1 amide bonds. The normalized spacial score (nSPS) is 24.8. The van der Waals surface area contributed by atoms with Crippen molar-refractivity contribution in [3.8, 4) is 0 Å². The summed E-state index contributed by atoms with van der Waals surface area (Å²) in [5, 5.41) is 11.4. The van der Waals surface area contributed by atoms with Gasteiger partial charge in [-0.3, -0.25) is 4.79 Å². The molecule has 24 heavy (non-hydrogen) atoms. The third-order valence-electron chi connectivity index (χ3n) is 4.83. The van der Waals surface area contributed by atoms with Crippen molar-refractivity contribution in [3.05, 3.63) is 11.6 Å². The molecule has 1 fully saturated rings. The van der Waals surface area contributed by atoms with E-state index in [2.05, 4.69) is 20.1 Å². The lowest BCUT2D eigenvalue weighted by Crippen LogP contribution is -2.48. The predicted molar refractivity (Wildman–Crippen MR) is 88.6 cm³/mol. The first-order chi connectivity index (χ1) is 11.5. The minimum Gasteiger partial charge on any atom is -0.376 e. The second kappa shape index (κ2) is 7.61. The van der Waals surface area contributed by atoms with Gasteiger partial charge in [-0.25, -0.2) is 0 Å². The summed E-state index contributed by atoms with van der Waals surface area (Å²) in [6, 6.07) is 0.104. The van der Waals surface area contributed by atoms with Gasteiger partial charge in [0, 0.05) is 25.6 Å². The molecule has 0 radical (unpaired) electrons. The van der Waals surface area contributed by atoms with Gasteiger partial charge in [-0.05, 0) is 32.1 Å². The molecule has 0 aliphatic carbocycles. The Bertz CT molecular complexity index is 566. The molecule has 0 unspecified atom stereocenters. The molecule has 3 rings (SSSR count). The molecule has 0 saturated carbocycles. The van der Waals surface area contributed by atoms with E-state index in [0.717, 1.165) is 50.5 Å². The lowest BCUT2D eigenvalue weighted by Gasteiger charge is -2.28. The molecule has 2 aliphatic heterocycles. The van der Waals surface area contributed by atoms with E-state index in [1.807, 2.05) is 20.8 Å². The second-order valence-electron chi connectivity index (χ2n) is 7.15. The molecule has 7 heteroatoms. The summed E-state index contributed by atoms with van der Waals surface area (Å²) in [6.07, 6.45) is 3.53. The SMILES string of the molecule is Cc1nnc2n1C[C@H](NC(=O)[C@H](OC[C@@H]1CCCO1)C(C)C)CC2. The van der Waals surface area contributed by atoms with Gasteiger partial charge in [0.1, 0.15) is 17.8 Å². The zero-order chi connectivity index (χ0) is 17.1. The van der Waals surface area contributed by atoms with Gasteiger partial charge >= 0.3 is 0 Å². The van der Waals surface area contributed by atoms with Crippen LogP contribution < -0.4 is 5.32 Å². The molecule has 0 aromatic carbocycles. The number of nitrogens with one attached hydrogen (secondary N) is 1. The van der Waals surface area contributed by atoms with Gasteiger partial charge in [-0.15, -0.1) is 10.2 Å². The average Bonchev–Trinajstić information content (AvgIpc) is 3.18. The minimum atomic E-state index is -0.433. The standard InChI is InChI=1S/C17H28N4O3/c1-11(2)16(24-10-14-5-4-8-23-14)17(22)18-13-6-7-15-20-19-12(3)21(15)9-13/h11,13-14,16H,4-10H2,1-3H3,(H,18,22)/t13-,14+,16-/m1/s1. The Kier molecular flexibility index (Phi) is 5.50. The van der Waals surface area contributed by atoms with Gasteiger partial charge < -0.3 is 19.4 Å². The number of hydrogen-bond acceptors (Lipinski definition) is 5.